The first-order valence-corrected chi connectivity index (χ1v) is 9.05. The number of hydrogen-bond acceptors (Lipinski definition) is 4. The molecule has 1 aliphatic carbocycles. The summed E-state index contributed by atoms with van der Waals surface area (Å²) < 4.78 is 1.13. The van der Waals surface area contributed by atoms with Crippen molar-refractivity contribution < 1.29 is 0 Å². The van der Waals surface area contributed by atoms with E-state index in [1.54, 1.807) is 23.5 Å². The molecule has 0 fully saturated rings. The summed E-state index contributed by atoms with van der Waals surface area (Å²) in [7, 11) is 0. The van der Waals surface area contributed by atoms with Gasteiger partial charge in [0, 0.05) is 24.3 Å². The van der Waals surface area contributed by atoms with Gasteiger partial charge in [-0.3, -0.25) is 4.79 Å². The summed E-state index contributed by atoms with van der Waals surface area (Å²) in [6.45, 7) is 7.76. The first-order chi connectivity index (χ1) is 11.1. The molecule has 23 heavy (non-hydrogen) atoms. The van der Waals surface area contributed by atoms with Crippen LogP contribution in [0, 0.1) is 0 Å². The molecule has 3 nitrogen and oxygen atoms in total. The lowest BCUT2D eigenvalue weighted by Gasteiger charge is -2.30. The van der Waals surface area contributed by atoms with E-state index in [9.17, 15) is 4.79 Å². The molecule has 3 rings (SSSR count). The molecule has 1 heterocycles. The number of hydrogen-bond donors (Lipinski definition) is 0. The van der Waals surface area contributed by atoms with Crippen molar-refractivity contribution in [3.8, 4) is 10.6 Å². The van der Waals surface area contributed by atoms with Crippen molar-refractivity contribution in [2.75, 3.05) is 11.4 Å². The lowest BCUT2D eigenvalue weighted by molar-refractivity contribution is 0.610. The van der Waals surface area contributed by atoms with Gasteiger partial charge in [0.15, 0.2) is 5.43 Å². The van der Waals surface area contributed by atoms with Crippen LogP contribution in [0.1, 0.15) is 33.6 Å². The van der Waals surface area contributed by atoms with Crippen LogP contribution in [0.3, 0.4) is 0 Å². The van der Waals surface area contributed by atoms with Crippen LogP contribution in [-0.2, 0) is 0 Å². The van der Waals surface area contributed by atoms with Crippen LogP contribution in [0.4, 0.5) is 5.69 Å². The predicted octanol–water partition coefficient (Wildman–Crippen LogP) is 4.78. The Hall–Kier alpha value is -1.94. The number of nitrogens with zero attached hydrogens (tertiary/aromatic N) is 2. The van der Waals surface area contributed by atoms with Gasteiger partial charge in [-0.15, -0.1) is 11.3 Å². The largest absolute Gasteiger partial charge is 0.369 e. The van der Waals surface area contributed by atoms with Crippen molar-refractivity contribution in [1.82, 2.24) is 4.98 Å². The number of rotatable bonds is 5. The number of fused-ring (bicyclic) bond motifs is 2. The van der Waals surface area contributed by atoms with Crippen LogP contribution in [0.15, 0.2) is 41.2 Å². The van der Waals surface area contributed by atoms with Crippen molar-refractivity contribution in [1.29, 1.82) is 0 Å². The number of aromatic nitrogens is 1. The Morgan fingerprint density at radius 3 is 2.74 bits per heavy atom. The Kier molecular flexibility index (Phi) is 4.62. The van der Waals surface area contributed by atoms with E-state index in [0.717, 1.165) is 40.2 Å². The maximum Gasteiger partial charge on any atom is 0.180 e. The van der Waals surface area contributed by atoms with Gasteiger partial charge in [-0.1, -0.05) is 13.8 Å². The Morgan fingerprint density at radius 2 is 2.00 bits per heavy atom. The maximum absolute atomic E-state index is 11.6. The van der Waals surface area contributed by atoms with E-state index in [2.05, 4.69) is 48.9 Å². The smallest absolute Gasteiger partial charge is 0.180 e. The zero-order valence-corrected chi connectivity index (χ0v) is 14.7. The van der Waals surface area contributed by atoms with Gasteiger partial charge in [-0.25, -0.2) is 4.98 Å². The van der Waals surface area contributed by atoms with Crippen LogP contribution in [0.2, 0.25) is 0 Å². The van der Waals surface area contributed by atoms with Crippen molar-refractivity contribution in [3.05, 3.63) is 46.6 Å². The summed E-state index contributed by atoms with van der Waals surface area (Å²) in [5, 5.41) is 0. The summed E-state index contributed by atoms with van der Waals surface area (Å²) >= 11 is 1.65. The number of anilines is 1. The fraction of sp³-hybridized carbons (Fsp3) is 0.368. The molecule has 1 atom stereocenters. The average molecular weight is 326 g/mol. The zero-order valence-electron chi connectivity index (χ0n) is 13.9. The van der Waals surface area contributed by atoms with Crippen LogP contribution in [0.5, 0.6) is 0 Å². The SMILES string of the molecule is CCCN(c1ccc2nc3ccc(=O)cc-3sc2c1)C(C)CC. The third-order valence-electron chi connectivity index (χ3n) is 4.25. The highest BCUT2D eigenvalue weighted by Crippen LogP contribution is 2.32. The topological polar surface area (TPSA) is 33.2 Å². The van der Waals surface area contributed by atoms with Crippen LogP contribution < -0.4 is 10.3 Å². The van der Waals surface area contributed by atoms with Gasteiger partial charge in [0.25, 0.3) is 0 Å². The molecule has 0 saturated heterocycles. The van der Waals surface area contributed by atoms with Gasteiger partial charge in [0.1, 0.15) is 0 Å². The van der Waals surface area contributed by atoms with Gasteiger partial charge in [0.05, 0.1) is 20.8 Å². The monoisotopic (exact) mass is 326 g/mol. The third kappa shape index (κ3) is 3.22. The Balaban J connectivity index is 2.12. The van der Waals surface area contributed by atoms with Gasteiger partial charge in [-0.2, -0.15) is 0 Å². The van der Waals surface area contributed by atoms with E-state index in [1.165, 1.54) is 5.69 Å². The second kappa shape index (κ2) is 6.67. The molecule has 0 amide bonds. The highest BCUT2D eigenvalue weighted by molar-refractivity contribution is 7.21. The first-order valence-electron chi connectivity index (χ1n) is 8.23. The molecule has 0 saturated carbocycles. The number of benzene rings is 2. The van der Waals surface area contributed by atoms with Crippen molar-refractivity contribution in [3.63, 3.8) is 0 Å². The van der Waals surface area contributed by atoms with Crippen molar-refractivity contribution in [2.24, 2.45) is 0 Å². The van der Waals surface area contributed by atoms with Crippen molar-refractivity contribution in [2.45, 2.75) is 39.7 Å². The summed E-state index contributed by atoms with van der Waals surface area (Å²) in [5.41, 5.74) is 3.16. The lowest BCUT2D eigenvalue weighted by Crippen LogP contribution is -2.33. The van der Waals surface area contributed by atoms with E-state index in [1.807, 2.05) is 6.07 Å². The van der Waals surface area contributed by atoms with E-state index in [0.29, 0.717) is 6.04 Å². The van der Waals surface area contributed by atoms with Gasteiger partial charge < -0.3 is 4.90 Å². The minimum atomic E-state index is 0.0401. The standard InChI is InChI=1S/C19H22N2OS/c1-4-10-21(13(3)5-2)14-6-8-16-18(11-14)23-19-12-15(22)7-9-17(19)20-16/h6-9,11-13H,4-5,10H2,1-3H3. The minimum absolute atomic E-state index is 0.0401. The van der Waals surface area contributed by atoms with E-state index in [4.69, 9.17) is 0 Å². The Morgan fingerprint density at radius 1 is 1.17 bits per heavy atom. The first kappa shape index (κ1) is 15.9. The third-order valence-corrected chi connectivity index (χ3v) is 5.35. The van der Waals surface area contributed by atoms with Crippen molar-refractivity contribution >= 4 is 27.2 Å². The van der Waals surface area contributed by atoms with E-state index >= 15 is 0 Å². The van der Waals surface area contributed by atoms with E-state index < -0.39 is 0 Å². The van der Waals surface area contributed by atoms with Crippen LogP contribution in [-0.4, -0.2) is 17.6 Å². The normalized spacial score (nSPS) is 12.7. The summed E-state index contributed by atoms with van der Waals surface area (Å²) in [5.74, 6) is 0. The molecule has 1 aliphatic heterocycles. The summed E-state index contributed by atoms with van der Waals surface area (Å²) in [6, 6.07) is 12.1. The molecule has 1 unspecified atom stereocenters. The molecule has 0 radical (unpaired) electrons. The lowest BCUT2D eigenvalue weighted by atomic mass is 10.1. The van der Waals surface area contributed by atoms with E-state index in [-0.39, 0.29) is 5.43 Å². The minimum Gasteiger partial charge on any atom is -0.369 e. The molecular formula is C19H22N2OS. The fourth-order valence-electron chi connectivity index (χ4n) is 2.84. The molecule has 0 aromatic heterocycles. The Bertz CT molecular complexity index is 842. The molecule has 0 N–H and O–H groups in total. The quantitative estimate of drug-likeness (QED) is 0.633. The fourth-order valence-corrected chi connectivity index (χ4v) is 3.87. The molecule has 2 aliphatic rings. The zero-order chi connectivity index (χ0) is 16.4. The van der Waals surface area contributed by atoms with Gasteiger partial charge in [-0.05, 0) is 50.1 Å². The average Bonchev–Trinajstić information content (AvgIpc) is 2.56. The second-order valence-corrected chi connectivity index (χ2v) is 7.03. The molecule has 0 spiro atoms. The molecule has 4 heteroatoms. The molecule has 120 valence electrons. The Labute approximate surface area is 140 Å². The highest BCUT2D eigenvalue weighted by atomic mass is 32.1. The second-order valence-electron chi connectivity index (χ2n) is 5.95. The maximum atomic E-state index is 11.6. The van der Waals surface area contributed by atoms with Gasteiger partial charge in [0.2, 0.25) is 0 Å². The molecule has 0 bridgehead atoms. The van der Waals surface area contributed by atoms with Crippen LogP contribution >= 0.6 is 11.3 Å². The van der Waals surface area contributed by atoms with Gasteiger partial charge >= 0.3 is 0 Å². The molecular weight excluding hydrogens is 304 g/mol. The molecule has 1 aromatic rings. The predicted molar refractivity (Wildman–Crippen MR) is 99.9 cm³/mol. The summed E-state index contributed by atoms with van der Waals surface area (Å²) in [4.78, 5) is 19.7. The molecule has 1 aromatic carbocycles. The van der Waals surface area contributed by atoms with Crippen LogP contribution in [0.25, 0.3) is 20.8 Å². The highest BCUT2D eigenvalue weighted by Gasteiger charge is 2.14. The summed E-state index contributed by atoms with van der Waals surface area (Å²) in [6.07, 6.45) is 2.25.